The molecule has 1 fully saturated rings. The lowest BCUT2D eigenvalue weighted by Crippen LogP contribution is -2.34. The van der Waals surface area contributed by atoms with Crippen molar-refractivity contribution in [3.63, 3.8) is 0 Å². The number of aromatic amines is 1. The van der Waals surface area contributed by atoms with E-state index in [4.69, 9.17) is 16.1 Å². The number of pyridine rings is 1. The summed E-state index contributed by atoms with van der Waals surface area (Å²) in [7, 11) is 0. The van der Waals surface area contributed by atoms with Gasteiger partial charge < -0.3 is 14.4 Å². The van der Waals surface area contributed by atoms with E-state index in [0.717, 1.165) is 12.8 Å². The maximum Gasteiger partial charge on any atom is 0.260 e. The summed E-state index contributed by atoms with van der Waals surface area (Å²) in [6.07, 6.45) is 3.00. The van der Waals surface area contributed by atoms with Crippen LogP contribution in [-0.2, 0) is 0 Å². The minimum Gasteiger partial charge on any atom is -0.360 e. The zero-order valence-corrected chi connectivity index (χ0v) is 15.8. The number of H-pyrrole nitrogens is 1. The SMILES string of the molecule is CC(C)c1noc([C@@H]2CCCN2C(=O)c2c[nH]c3cc(Cl)ccc3c2=O)n1. The Balaban J connectivity index is 1.69. The summed E-state index contributed by atoms with van der Waals surface area (Å²) in [6.45, 7) is 4.50. The Labute approximate surface area is 160 Å². The molecule has 2 aromatic heterocycles. The second-order valence-electron chi connectivity index (χ2n) is 7.02. The van der Waals surface area contributed by atoms with E-state index in [2.05, 4.69) is 15.1 Å². The molecule has 1 atom stereocenters. The molecule has 3 heterocycles. The molecule has 8 heteroatoms. The third-order valence-corrected chi connectivity index (χ3v) is 5.08. The average molecular weight is 387 g/mol. The van der Waals surface area contributed by atoms with Gasteiger partial charge in [0.2, 0.25) is 11.3 Å². The highest BCUT2D eigenvalue weighted by molar-refractivity contribution is 6.31. The Bertz CT molecular complexity index is 1070. The molecule has 27 heavy (non-hydrogen) atoms. The maximum absolute atomic E-state index is 13.1. The molecule has 1 saturated heterocycles. The quantitative estimate of drug-likeness (QED) is 0.741. The first-order valence-electron chi connectivity index (χ1n) is 8.91. The summed E-state index contributed by atoms with van der Waals surface area (Å²) in [5.41, 5.74) is 0.380. The monoisotopic (exact) mass is 386 g/mol. The van der Waals surface area contributed by atoms with E-state index in [9.17, 15) is 9.59 Å². The van der Waals surface area contributed by atoms with Crippen molar-refractivity contribution >= 4 is 28.4 Å². The largest absolute Gasteiger partial charge is 0.360 e. The molecule has 1 amide bonds. The van der Waals surface area contributed by atoms with E-state index < -0.39 is 0 Å². The molecule has 140 valence electrons. The van der Waals surface area contributed by atoms with E-state index in [1.165, 1.54) is 6.20 Å². The van der Waals surface area contributed by atoms with Crippen LogP contribution in [0.1, 0.15) is 60.7 Å². The van der Waals surface area contributed by atoms with Gasteiger partial charge in [-0.3, -0.25) is 9.59 Å². The molecule has 1 aromatic carbocycles. The summed E-state index contributed by atoms with van der Waals surface area (Å²) >= 11 is 5.97. The molecule has 4 rings (SSSR count). The fourth-order valence-electron chi connectivity index (χ4n) is 3.39. The number of fused-ring (bicyclic) bond motifs is 1. The molecule has 1 N–H and O–H groups in total. The van der Waals surface area contributed by atoms with Crippen molar-refractivity contribution in [3.05, 3.63) is 56.9 Å². The molecule has 1 aliphatic heterocycles. The van der Waals surface area contributed by atoms with E-state index in [1.54, 1.807) is 23.1 Å². The molecule has 0 saturated carbocycles. The lowest BCUT2D eigenvalue weighted by Gasteiger charge is -2.21. The number of hydrogen-bond donors (Lipinski definition) is 1. The minimum atomic E-state index is -0.333. The number of likely N-dealkylation sites (tertiary alicyclic amines) is 1. The van der Waals surface area contributed by atoms with E-state index in [-0.39, 0.29) is 28.9 Å². The van der Waals surface area contributed by atoms with Gasteiger partial charge in [-0.05, 0) is 31.0 Å². The fourth-order valence-corrected chi connectivity index (χ4v) is 3.56. The van der Waals surface area contributed by atoms with Crippen LogP contribution in [0.5, 0.6) is 0 Å². The molecule has 1 aliphatic rings. The summed E-state index contributed by atoms with van der Waals surface area (Å²) in [5.74, 6) is 0.849. The van der Waals surface area contributed by atoms with Gasteiger partial charge in [-0.1, -0.05) is 30.6 Å². The Kier molecular flexibility index (Phi) is 4.47. The number of carbonyl (C=O) groups excluding carboxylic acids is 1. The standard InChI is InChI=1S/C19H19ClN4O3/c1-10(2)17-22-18(27-23-17)15-4-3-7-24(15)19(26)13-9-21-14-8-11(20)5-6-12(14)16(13)25/h5-6,8-10,15H,3-4,7H2,1-2H3,(H,21,25)/t15-/m0/s1. The van der Waals surface area contributed by atoms with Gasteiger partial charge in [0, 0.05) is 29.1 Å². The van der Waals surface area contributed by atoms with E-state index in [1.807, 2.05) is 13.8 Å². The van der Waals surface area contributed by atoms with Gasteiger partial charge in [-0.15, -0.1) is 0 Å². The number of nitrogens with zero attached hydrogens (tertiary/aromatic N) is 3. The molecule has 3 aromatic rings. The zero-order valence-electron chi connectivity index (χ0n) is 15.0. The van der Waals surface area contributed by atoms with Gasteiger partial charge >= 0.3 is 0 Å². The second kappa shape index (κ2) is 6.81. The van der Waals surface area contributed by atoms with Crippen LogP contribution < -0.4 is 5.43 Å². The van der Waals surface area contributed by atoms with Gasteiger partial charge in [-0.25, -0.2) is 0 Å². The van der Waals surface area contributed by atoms with Gasteiger partial charge in [0.05, 0.1) is 5.52 Å². The van der Waals surface area contributed by atoms with Crippen molar-refractivity contribution < 1.29 is 9.32 Å². The van der Waals surface area contributed by atoms with Crippen LogP contribution in [0.2, 0.25) is 5.02 Å². The Morgan fingerprint density at radius 3 is 2.96 bits per heavy atom. The van der Waals surface area contributed by atoms with Crippen LogP contribution in [0, 0.1) is 0 Å². The van der Waals surface area contributed by atoms with Crippen molar-refractivity contribution in [2.45, 2.75) is 38.6 Å². The number of benzene rings is 1. The van der Waals surface area contributed by atoms with E-state index >= 15 is 0 Å². The van der Waals surface area contributed by atoms with Crippen LogP contribution in [0.3, 0.4) is 0 Å². The van der Waals surface area contributed by atoms with Crippen LogP contribution in [-0.4, -0.2) is 32.5 Å². The molecule has 0 unspecified atom stereocenters. The number of amides is 1. The molecular formula is C19H19ClN4O3. The van der Waals surface area contributed by atoms with Gasteiger partial charge in [0.1, 0.15) is 11.6 Å². The molecular weight excluding hydrogens is 368 g/mol. The van der Waals surface area contributed by atoms with Crippen molar-refractivity contribution in [1.29, 1.82) is 0 Å². The normalized spacial score (nSPS) is 17.2. The molecule has 0 spiro atoms. The van der Waals surface area contributed by atoms with Crippen molar-refractivity contribution in [1.82, 2.24) is 20.0 Å². The van der Waals surface area contributed by atoms with Crippen LogP contribution in [0.4, 0.5) is 0 Å². The molecule has 7 nitrogen and oxygen atoms in total. The van der Waals surface area contributed by atoms with Gasteiger partial charge in [0.15, 0.2) is 5.82 Å². The molecule has 0 radical (unpaired) electrons. The molecule has 0 aliphatic carbocycles. The third-order valence-electron chi connectivity index (χ3n) is 4.85. The predicted molar refractivity (Wildman–Crippen MR) is 101 cm³/mol. The predicted octanol–water partition coefficient (Wildman–Crippen LogP) is 3.67. The summed E-state index contributed by atoms with van der Waals surface area (Å²) in [5, 5.41) is 4.94. The van der Waals surface area contributed by atoms with Crippen LogP contribution >= 0.6 is 11.6 Å². The van der Waals surface area contributed by atoms with Crippen molar-refractivity contribution in [2.75, 3.05) is 6.54 Å². The third kappa shape index (κ3) is 3.12. The topological polar surface area (TPSA) is 92.1 Å². The first kappa shape index (κ1) is 17.7. The van der Waals surface area contributed by atoms with Gasteiger partial charge in [0.25, 0.3) is 5.91 Å². The number of rotatable bonds is 3. The van der Waals surface area contributed by atoms with Crippen molar-refractivity contribution in [3.8, 4) is 0 Å². The summed E-state index contributed by atoms with van der Waals surface area (Å²) < 4.78 is 5.38. The van der Waals surface area contributed by atoms with Crippen molar-refractivity contribution in [2.24, 2.45) is 0 Å². The second-order valence-corrected chi connectivity index (χ2v) is 7.46. The lowest BCUT2D eigenvalue weighted by atomic mass is 10.1. The van der Waals surface area contributed by atoms with Crippen LogP contribution in [0.15, 0.2) is 33.7 Å². The number of halogens is 1. The highest BCUT2D eigenvalue weighted by Gasteiger charge is 2.35. The maximum atomic E-state index is 13.1. The lowest BCUT2D eigenvalue weighted by molar-refractivity contribution is 0.0708. The Hall–Kier alpha value is -2.67. The highest BCUT2D eigenvalue weighted by atomic mass is 35.5. The Morgan fingerprint density at radius 1 is 1.41 bits per heavy atom. The highest BCUT2D eigenvalue weighted by Crippen LogP contribution is 2.32. The summed E-state index contributed by atoms with van der Waals surface area (Å²) in [6, 6.07) is 4.62. The average Bonchev–Trinajstić information content (AvgIpc) is 3.30. The Morgan fingerprint density at radius 2 is 2.22 bits per heavy atom. The number of carbonyl (C=O) groups is 1. The fraction of sp³-hybridized carbons (Fsp3) is 0.368. The smallest absolute Gasteiger partial charge is 0.260 e. The number of aromatic nitrogens is 3. The zero-order chi connectivity index (χ0) is 19.1. The summed E-state index contributed by atoms with van der Waals surface area (Å²) in [4.78, 5) is 35.0. The van der Waals surface area contributed by atoms with Crippen LogP contribution in [0.25, 0.3) is 10.9 Å². The first-order chi connectivity index (χ1) is 13.0. The molecule has 0 bridgehead atoms. The minimum absolute atomic E-state index is 0.0975. The van der Waals surface area contributed by atoms with Gasteiger partial charge in [-0.2, -0.15) is 4.98 Å². The first-order valence-corrected chi connectivity index (χ1v) is 9.29. The van der Waals surface area contributed by atoms with E-state index in [0.29, 0.717) is 34.2 Å². The number of hydrogen-bond acceptors (Lipinski definition) is 5. The number of nitrogens with one attached hydrogen (secondary N) is 1.